The van der Waals surface area contributed by atoms with Crippen LogP contribution < -0.4 is 15.4 Å². The fraction of sp³-hybridized carbons (Fsp3) is 0.292. The summed E-state index contributed by atoms with van der Waals surface area (Å²) >= 11 is 0. The zero-order valence-electron chi connectivity index (χ0n) is 18.1. The SMILES string of the molecule is CS(=O)(=O)c1ccc(Oc2ccc(-c3cccc(CNCCN4CCNC4)n3)cc2)cc1. The lowest BCUT2D eigenvalue weighted by Crippen LogP contribution is -2.31. The number of rotatable bonds is 9. The van der Waals surface area contributed by atoms with E-state index in [0.717, 1.165) is 56.3 Å². The van der Waals surface area contributed by atoms with Crippen LogP contribution in [-0.2, 0) is 16.4 Å². The summed E-state index contributed by atoms with van der Waals surface area (Å²) in [4.78, 5) is 7.43. The molecular weight excluding hydrogens is 424 g/mol. The fourth-order valence-electron chi connectivity index (χ4n) is 3.52. The van der Waals surface area contributed by atoms with Crippen LogP contribution in [0.1, 0.15) is 5.69 Å². The van der Waals surface area contributed by atoms with E-state index in [2.05, 4.69) is 15.5 Å². The van der Waals surface area contributed by atoms with Crippen LogP contribution in [0, 0.1) is 0 Å². The number of pyridine rings is 1. The predicted molar refractivity (Wildman–Crippen MR) is 125 cm³/mol. The highest BCUT2D eigenvalue weighted by molar-refractivity contribution is 7.90. The van der Waals surface area contributed by atoms with Crippen LogP contribution in [0.2, 0.25) is 0 Å². The molecule has 0 amide bonds. The molecule has 3 aromatic rings. The third-order valence-corrected chi connectivity index (χ3v) is 6.42. The fourth-order valence-corrected chi connectivity index (χ4v) is 4.15. The first kappa shape index (κ1) is 22.4. The van der Waals surface area contributed by atoms with Gasteiger partial charge in [-0.2, -0.15) is 0 Å². The summed E-state index contributed by atoms with van der Waals surface area (Å²) < 4.78 is 29.0. The minimum absolute atomic E-state index is 0.272. The predicted octanol–water partition coefficient (Wildman–Crippen LogP) is 2.90. The Balaban J connectivity index is 1.33. The molecule has 2 aromatic carbocycles. The van der Waals surface area contributed by atoms with Gasteiger partial charge in [0.25, 0.3) is 0 Å². The van der Waals surface area contributed by atoms with Gasteiger partial charge >= 0.3 is 0 Å². The molecule has 7 nitrogen and oxygen atoms in total. The molecule has 4 rings (SSSR count). The van der Waals surface area contributed by atoms with E-state index in [-0.39, 0.29) is 4.90 Å². The number of hydrogen-bond donors (Lipinski definition) is 2. The molecule has 1 saturated heterocycles. The van der Waals surface area contributed by atoms with Crippen LogP contribution >= 0.6 is 0 Å². The van der Waals surface area contributed by atoms with E-state index in [1.807, 2.05) is 42.5 Å². The molecule has 8 heteroatoms. The normalized spacial score (nSPS) is 14.5. The van der Waals surface area contributed by atoms with Crippen LogP contribution in [0.3, 0.4) is 0 Å². The van der Waals surface area contributed by atoms with Gasteiger partial charge in [-0.3, -0.25) is 9.88 Å². The van der Waals surface area contributed by atoms with Gasteiger partial charge in [0, 0.05) is 51.2 Å². The molecule has 168 valence electrons. The molecular formula is C24H28N4O3S. The maximum absolute atomic E-state index is 11.6. The van der Waals surface area contributed by atoms with Crippen molar-refractivity contribution >= 4 is 9.84 Å². The van der Waals surface area contributed by atoms with Crippen molar-refractivity contribution in [3.05, 3.63) is 72.4 Å². The van der Waals surface area contributed by atoms with Gasteiger partial charge in [0.15, 0.2) is 9.84 Å². The Hall–Kier alpha value is -2.78. The average Bonchev–Trinajstić information content (AvgIpc) is 3.31. The topological polar surface area (TPSA) is 83.6 Å². The smallest absolute Gasteiger partial charge is 0.175 e. The van der Waals surface area contributed by atoms with Gasteiger partial charge in [-0.25, -0.2) is 8.42 Å². The number of nitrogens with one attached hydrogen (secondary N) is 2. The van der Waals surface area contributed by atoms with E-state index < -0.39 is 9.84 Å². The van der Waals surface area contributed by atoms with Crippen LogP contribution in [0.15, 0.2) is 71.6 Å². The zero-order valence-corrected chi connectivity index (χ0v) is 18.9. The maximum atomic E-state index is 11.6. The first-order valence-corrected chi connectivity index (χ1v) is 12.5. The van der Waals surface area contributed by atoms with Gasteiger partial charge < -0.3 is 15.4 Å². The number of hydrogen-bond acceptors (Lipinski definition) is 7. The van der Waals surface area contributed by atoms with Crippen LogP contribution in [0.5, 0.6) is 11.5 Å². The van der Waals surface area contributed by atoms with E-state index in [9.17, 15) is 8.42 Å². The largest absolute Gasteiger partial charge is 0.457 e. The van der Waals surface area contributed by atoms with Crippen LogP contribution in [-0.4, -0.2) is 57.4 Å². The molecule has 1 aliphatic heterocycles. The second-order valence-corrected chi connectivity index (χ2v) is 9.85. The Morgan fingerprint density at radius 2 is 1.75 bits per heavy atom. The van der Waals surface area contributed by atoms with E-state index in [1.165, 1.54) is 6.26 Å². The Labute approximate surface area is 189 Å². The third kappa shape index (κ3) is 6.14. The highest BCUT2D eigenvalue weighted by atomic mass is 32.2. The molecule has 0 unspecified atom stereocenters. The van der Waals surface area contributed by atoms with Gasteiger partial charge in [0.1, 0.15) is 11.5 Å². The Bertz CT molecular complexity index is 1130. The zero-order chi connectivity index (χ0) is 22.4. The second kappa shape index (κ2) is 10.2. The van der Waals surface area contributed by atoms with Crippen molar-refractivity contribution in [3.8, 4) is 22.8 Å². The van der Waals surface area contributed by atoms with Crippen LogP contribution in [0.25, 0.3) is 11.3 Å². The molecule has 0 radical (unpaired) electrons. The summed E-state index contributed by atoms with van der Waals surface area (Å²) in [6, 6.07) is 20.2. The summed E-state index contributed by atoms with van der Waals surface area (Å²) in [6.45, 7) is 5.86. The molecule has 1 aliphatic rings. The molecule has 0 saturated carbocycles. The van der Waals surface area contributed by atoms with E-state index in [0.29, 0.717) is 11.5 Å². The molecule has 0 aliphatic carbocycles. The minimum atomic E-state index is -3.22. The van der Waals surface area contributed by atoms with E-state index in [1.54, 1.807) is 24.3 Å². The minimum Gasteiger partial charge on any atom is -0.457 e. The van der Waals surface area contributed by atoms with Crippen molar-refractivity contribution in [2.45, 2.75) is 11.4 Å². The molecule has 0 atom stereocenters. The molecule has 32 heavy (non-hydrogen) atoms. The summed E-state index contributed by atoms with van der Waals surface area (Å²) in [5, 5.41) is 6.80. The summed E-state index contributed by atoms with van der Waals surface area (Å²) in [6.07, 6.45) is 1.19. The number of benzene rings is 2. The average molecular weight is 453 g/mol. The molecule has 2 N–H and O–H groups in total. The molecule has 1 fully saturated rings. The van der Waals surface area contributed by atoms with Gasteiger partial charge in [0.05, 0.1) is 16.3 Å². The maximum Gasteiger partial charge on any atom is 0.175 e. The van der Waals surface area contributed by atoms with Crippen molar-refractivity contribution < 1.29 is 13.2 Å². The van der Waals surface area contributed by atoms with Crippen molar-refractivity contribution in [2.24, 2.45) is 0 Å². The number of nitrogens with zero attached hydrogens (tertiary/aromatic N) is 2. The highest BCUT2D eigenvalue weighted by Crippen LogP contribution is 2.26. The highest BCUT2D eigenvalue weighted by Gasteiger charge is 2.10. The standard InChI is InChI=1S/C24H28N4O3S/c1-32(29,30)23-11-9-22(10-12-23)31-21-7-5-19(6-8-21)24-4-2-3-20(27-24)17-25-13-15-28-16-14-26-18-28/h2-12,25-26H,13-18H2,1H3. The van der Waals surface area contributed by atoms with Gasteiger partial charge in [-0.15, -0.1) is 0 Å². The monoisotopic (exact) mass is 452 g/mol. The lowest BCUT2D eigenvalue weighted by atomic mass is 10.1. The molecule has 0 spiro atoms. The van der Waals surface area contributed by atoms with Gasteiger partial charge in [0.2, 0.25) is 0 Å². The molecule has 2 heterocycles. The van der Waals surface area contributed by atoms with Gasteiger partial charge in [-0.05, 0) is 60.7 Å². The molecule has 0 bridgehead atoms. The molecule has 1 aromatic heterocycles. The Morgan fingerprint density at radius 1 is 1.03 bits per heavy atom. The number of ether oxygens (including phenoxy) is 1. The lowest BCUT2D eigenvalue weighted by Gasteiger charge is -2.14. The first-order valence-electron chi connectivity index (χ1n) is 10.7. The lowest BCUT2D eigenvalue weighted by molar-refractivity contribution is 0.331. The van der Waals surface area contributed by atoms with Crippen molar-refractivity contribution in [2.75, 3.05) is 39.1 Å². The Morgan fingerprint density at radius 3 is 2.41 bits per heavy atom. The van der Waals surface area contributed by atoms with E-state index in [4.69, 9.17) is 9.72 Å². The first-order chi connectivity index (χ1) is 15.5. The number of sulfone groups is 1. The summed E-state index contributed by atoms with van der Waals surface area (Å²) in [5.41, 5.74) is 2.93. The second-order valence-electron chi connectivity index (χ2n) is 7.84. The van der Waals surface area contributed by atoms with Crippen molar-refractivity contribution in [1.82, 2.24) is 20.5 Å². The summed E-state index contributed by atoms with van der Waals surface area (Å²) in [7, 11) is -3.22. The number of aromatic nitrogens is 1. The van der Waals surface area contributed by atoms with Crippen molar-refractivity contribution in [3.63, 3.8) is 0 Å². The van der Waals surface area contributed by atoms with Gasteiger partial charge in [-0.1, -0.05) is 6.07 Å². The van der Waals surface area contributed by atoms with Crippen LogP contribution in [0.4, 0.5) is 0 Å². The van der Waals surface area contributed by atoms with Crippen molar-refractivity contribution in [1.29, 1.82) is 0 Å². The van der Waals surface area contributed by atoms with E-state index >= 15 is 0 Å². The quantitative estimate of drug-likeness (QED) is 0.483. The Kier molecular flexibility index (Phi) is 7.16. The third-order valence-electron chi connectivity index (χ3n) is 5.30. The summed E-state index contributed by atoms with van der Waals surface area (Å²) in [5.74, 6) is 1.26.